The van der Waals surface area contributed by atoms with Crippen molar-refractivity contribution in [1.82, 2.24) is 10.2 Å². The monoisotopic (exact) mass is 318 g/mol. The first-order valence-electron chi connectivity index (χ1n) is 8.62. The molecule has 128 valence electrons. The second kappa shape index (κ2) is 7.93. The third-order valence-electron chi connectivity index (χ3n) is 4.85. The first kappa shape index (κ1) is 18.0. The van der Waals surface area contributed by atoms with Crippen molar-refractivity contribution in [1.29, 1.82) is 0 Å². The van der Waals surface area contributed by atoms with Gasteiger partial charge >= 0.3 is 0 Å². The van der Waals surface area contributed by atoms with E-state index in [2.05, 4.69) is 41.4 Å². The minimum Gasteiger partial charge on any atom is -0.389 e. The van der Waals surface area contributed by atoms with Gasteiger partial charge in [-0.2, -0.15) is 0 Å². The van der Waals surface area contributed by atoms with E-state index in [1.165, 1.54) is 17.5 Å². The minimum atomic E-state index is -0.792. The quantitative estimate of drug-likeness (QED) is 0.848. The molecule has 0 spiro atoms. The molecule has 0 bridgehead atoms. The predicted octanol–water partition coefficient (Wildman–Crippen LogP) is 2.80. The maximum atomic E-state index is 12.2. The van der Waals surface area contributed by atoms with Crippen LogP contribution in [0.25, 0.3) is 0 Å². The number of hydrogen-bond acceptors (Lipinski definition) is 3. The van der Waals surface area contributed by atoms with Crippen LogP contribution in [0.15, 0.2) is 24.3 Å². The molecule has 0 radical (unpaired) electrons. The van der Waals surface area contributed by atoms with Gasteiger partial charge in [0.25, 0.3) is 0 Å². The molecule has 1 unspecified atom stereocenters. The Bertz CT molecular complexity index is 505. The Labute approximate surface area is 139 Å². The Kier molecular flexibility index (Phi) is 6.19. The molecule has 23 heavy (non-hydrogen) atoms. The van der Waals surface area contributed by atoms with Gasteiger partial charge in [0.15, 0.2) is 0 Å². The van der Waals surface area contributed by atoms with Crippen molar-refractivity contribution in [3.05, 3.63) is 35.4 Å². The Balaban J connectivity index is 1.90. The minimum absolute atomic E-state index is 0.0478. The highest BCUT2D eigenvalue weighted by Crippen LogP contribution is 2.30. The van der Waals surface area contributed by atoms with Crippen molar-refractivity contribution in [2.24, 2.45) is 0 Å². The Morgan fingerprint density at radius 2 is 1.83 bits per heavy atom. The summed E-state index contributed by atoms with van der Waals surface area (Å²) in [7, 11) is 4.04. The van der Waals surface area contributed by atoms with Gasteiger partial charge in [0.1, 0.15) is 0 Å². The van der Waals surface area contributed by atoms with Crippen molar-refractivity contribution >= 4 is 5.91 Å². The largest absolute Gasteiger partial charge is 0.389 e. The number of benzene rings is 1. The molecule has 1 aromatic carbocycles. The van der Waals surface area contributed by atoms with Crippen molar-refractivity contribution in [2.75, 3.05) is 20.6 Å². The SMILES string of the molecule is Cc1ccc(C(CNC(=O)CC2(O)CCCCC2)N(C)C)cc1. The number of amides is 1. The number of carbonyl (C=O) groups is 1. The fourth-order valence-electron chi connectivity index (χ4n) is 3.35. The van der Waals surface area contributed by atoms with Gasteiger partial charge in [-0.1, -0.05) is 49.1 Å². The van der Waals surface area contributed by atoms with Crippen LogP contribution in [-0.2, 0) is 4.79 Å². The van der Waals surface area contributed by atoms with Crippen molar-refractivity contribution in [2.45, 2.75) is 57.1 Å². The van der Waals surface area contributed by atoms with Crippen molar-refractivity contribution in [3.63, 3.8) is 0 Å². The van der Waals surface area contributed by atoms with Gasteiger partial charge in [-0.05, 0) is 39.4 Å². The van der Waals surface area contributed by atoms with Crippen molar-refractivity contribution in [3.8, 4) is 0 Å². The molecule has 1 aromatic rings. The second-order valence-corrected chi connectivity index (χ2v) is 7.16. The molecule has 1 atom stereocenters. The summed E-state index contributed by atoms with van der Waals surface area (Å²) >= 11 is 0. The Hall–Kier alpha value is -1.39. The van der Waals surface area contributed by atoms with E-state index in [4.69, 9.17) is 0 Å². The van der Waals surface area contributed by atoms with E-state index in [-0.39, 0.29) is 18.4 Å². The lowest BCUT2D eigenvalue weighted by molar-refractivity contribution is -0.127. The Morgan fingerprint density at radius 1 is 1.22 bits per heavy atom. The van der Waals surface area contributed by atoms with Gasteiger partial charge in [-0.3, -0.25) is 4.79 Å². The summed E-state index contributed by atoms with van der Waals surface area (Å²) in [5, 5.41) is 13.5. The number of likely N-dealkylation sites (N-methyl/N-ethyl adjacent to an activating group) is 1. The second-order valence-electron chi connectivity index (χ2n) is 7.16. The summed E-state index contributed by atoms with van der Waals surface area (Å²) in [5.41, 5.74) is 1.63. The molecule has 1 amide bonds. The smallest absolute Gasteiger partial charge is 0.222 e. The fourth-order valence-corrected chi connectivity index (χ4v) is 3.35. The number of aliphatic hydroxyl groups is 1. The Morgan fingerprint density at radius 3 is 2.39 bits per heavy atom. The molecule has 1 saturated carbocycles. The molecule has 4 heteroatoms. The molecule has 2 N–H and O–H groups in total. The van der Waals surface area contributed by atoms with Crippen LogP contribution in [0.1, 0.15) is 55.7 Å². The molecule has 2 rings (SSSR count). The van der Waals surface area contributed by atoms with E-state index >= 15 is 0 Å². The molecule has 1 aliphatic carbocycles. The summed E-state index contributed by atoms with van der Waals surface area (Å²) in [5.74, 6) is -0.0478. The van der Waals surface area contributed by atoms with Gasteiger partial charge in [-0.25, -0.2) is 0 Å². The molecule has 0 saturated heterocycles. The van der Waals surface area contributed by atoms with E-state index in [1.54, 1.807) is 0 Å². The van der Waals surface area contributed by atoms with E-state index < -0.39 is 5.60 Å². The maximum absolute atomic E-state index is 12.2. The van der Waals surface area contributed by atoms with Crippen LogP contribution in [0.3, 0.4) is 0 Å². The summed E-state index contributed by atoms with van der Waals surface area (Å²) in [6.45, 7) is 2.63. The van der Waals surface area contributed by atoms with E-state index in [0.29, 0.717) is 6.54 Å². The molecular weight excluding hydrogens is 288 g/mol. The fraction of sp³-hybridized carbons (Fsp3) is 0.632. The third-order valence-corrected chi connectivity index (χ3v) is 4.85. The van der Waals surface area contributed by atoms with Gasteiger partial charge in [0, 0.05) is 6.54 Å². The first-order chi connectivity index (χ1) is 10.9. The zero-order chi connectivity index (χ0) is 16.9. The number of nitrogens with one attached hydrogen (secondary N) is 1. The van der Waals surface area contributed by atoms with Crippen LogP contribution in [0.5, 0.6) is 0 Å². The normalized spacial score (nSPS) is 18.7. The van der Waals surface area contributed by atoms with Gasteiger partial charge in [0.2, 0.25) is 5.91 Å². The summed E-state index contributed by atoms with van der Waals surface area (Å²) in [6.07, 6.45) is 4.92. The van der Waals surface area contributed by atoms with Crippen molar-refractivity contribution < 1.29 is 9.90 Å². The standard InChI is InChI=1S/C19H30N2O2/c1-15-7-9-16(10-8-15)17(21(2)3)14-20-18(22)13-19(23)11-5-4-6-12-19/h7-10,17,23H,4-6,11-14H2,1-3H3,(H,20,22). The highest BCUT2D eigenvalue weighted by Gasteiger charge is 2.31. The average Bonchev–Trinajstić information content (AvgIpc) is 2.49. The number of carbonyl (C=O) groups excluding carboxylic acids is 1. The van der Waals surface area contributed by atoms with Crippen LogP contribution in [-0.4, -0.2) is 42.2 Å². The molecule has 4 nitrogen and oxygen atoms in total. The topological polar surface area (TPSA) is 52.6 Å². The molecular formula is C19H30N2O2. The van der Waals surface area contributed by atoms with Crippen LogP contribution in [0.2, 0.25) is 0 Å². The van der Waals surface area contributed by atoms with Crippen LogP contribution in [0.4, 0.5) is 0 Å². The summed E-state index contributed by atoms with van der Waals surface area (Å²) in [4.78, 5) is 14.4. The van der Waals surface area contributed by atoms with Gasteiger partial charge in [-0.15, -0.1) is 0 Å². The third kappa shape index (κ3) is 5.33. The lowest BCUT2D eigenvalue weighted by Gasteiger charge is -2.32. The summed E-state index contributed by atoms with van der Waals surface area (Å²) in [6, 6.07) is 8.55. The molecule has 0 heterocycles. The van der Waals surface area contributed by atoms with E-state index in [0.717, 1.165) is 25.7 Å². The lowest BCUT2D eigenvalue weighted by Crippen LogP contribution is -2.41. The highest BCUT2D eigenvalue weighted by atomic mass is 16.3. The van der Waals surface area contributed by atoms with E-state index in [1.807, 2.05) is 14.1 Å². The number of rotatable bonds is 6. The lowest BCUT2D eigenvalue weighted by atomic mass is 9.82. The average molecular weight is 318 g/mol. The molecule has 0 aromatic heterocycles. The number of aryl methyl sites for hydroxylation is 1. The number of nitrogens with zero attached hydrogens (tertiary/aromatic N) is 1. The summed E-state index contributed by atoms with van der Waals surface area (Å²) < 4.78 is 0. The molecule has 1 aliphatic rings. The first-order valence-corrected chi connectivity index (χ1v) is 8.62. The molecule has 1 fully saturated rings. The van der Waals surface area contributed by atoms with Crippen LogP contribution in [0, 0.1) is 6.92 Å². The molecule has 0 aliphatic heterocycles. The van der Waals surface area contributed by atoms with Crippen LogP contribution < -0.4 is 5.32 Å². The predicted molar refractivity (Wildman–Crippen MR) is 93.3 cm³/mol. The van der Waals surface area contributed by atoms with Gasteiger partial charge < -0.3 is 15.3 Å². The maximum Gasteiger partial charge on any atom is 0.222 e. The zero-order valence-corrected chi connectivity index (χ0v) is 14.6. The van der Waals surface area contributed by atoms with Gasteiger partial charge in [0.05, 0.1) is 18.1 Å². The van der Waals surface area contributed by atoms with E-state index in [9.17, 15) is 9.90 Å². The van der Waals surface area contributed by atoms with Crippen LogP contribution >= 0.6 is 0 Å². The zero-order valence-electron chi connectivity index (χ0n) is 14.6. The highest BCUT2D eigenvalue weighted by molar-refractivity contribution is 5.77. The number of hydrogen-bond donors (Lipinski definition) is 2.